The summed E-state index contributed by atoms with van der Waals surface area (Å²) in [5.41, 5.74) is 0.689. The largest absolute Gasteiger partial charge is 0.492 e. The monoisotopic (exact) mass is 334 g/mol. The molecular formula is C18H20F2N2O2. The summed E-state index contributed by atoms with van der Waals surface area (Å²) in [6.45, 7) is 4.63. The van der Waals surface area contributed by atoms with Crippen molar-refractivity contribution in [3.05, 3.63) is 59.7 Å². The Morgan fingerprint density at radius 1 is 1.12 bits per heavy atom. The Morgan fingerprint density at radius 2 is 1.79 bits per heavy atom. The summed E-state index contributed by atoms with van der Waals surface area (Å²) in [6, 6.07) is 10.4. The lowest BCUT2D eigenvalue weighted by Gasteiger charge is -2.11. The van der Waals surface area contributed by atoms with Crippen LogP contribution in [-0.2, 0) is 0 Å². The van der Waals surface area contributed by atoms with Crippen LogP contribution in [0, 0.1) is 11.6 Å². The molecule has 128 valence electrons. The second kappa shape index (κ2) is 8.29. The summed E-state index contributed by atoms with van der Waals surface area (Å²) in [5, 5.41) is 4.63. The van der Waals surface area contributed by atoms with E-state index < -0.39 is 23.4 Å². The molecule has 0 heterocycles. The highest BCUT2D eigenvalue weighted by Gasteiger charge is 2.11. The molecule has 0 fully saturated rings. The first-order valence-corrected chi connectivity index (χ1v) is 7.69. The van der Waals surface area contributed by atoms with Gasteiger partial charge in [-0.25, -0.2) is 13.6 Å². The average molecular weight is 334 g/mol. The summed E-state index contributed by atoms with van der Waals surface area (Å²) in [6.07, 6.45) is 0. The molecule has 0 spiro atoms. The Kier molecular flexibility index (Phi) is 6.12. The molecule has 0 aliphatic heterocycles. The topological polar surface area (TPSA) is 50.4 Å². The van der Waals surface area contributed by atoms with Gasteiger partial charge in [0.05, 0.1) is 6.54 Å². The van der Waals surface area contributed by atoms with Crippen LogP contribution in [0.4, 0.5) is 19.3 Å². The zero-order valence-corrected chi connectivity index (χ0v) is 13.6. The van der Waals surface area contributed by atoms with E-state index in [1.165, 1.54) is 6.07 Å². The van der Waals surface area contributed by atoms with E-state index in [1.54, 1.807) is 0 Å². The lowest BCUT2D eigenvalue weighted by molar-refractivity contribution is 0.247. The lowest BCUT2D eigenvalue weighted by atomic mass is 10.0. The van der Waals surface area contributed by atoms with Crippen LogP contribution in [0.5, 0.6) is 5.75 Å². The molecule has 0 unspecified atom stereocenters. The highest BCUT2D eigenvalue weighted by molar-refractivity contribution is 5.89. The van der Waals surface area contributed by atoms with E-state index in [0.29, 0.717) is 11.7 Å². The van der Waals surface area contributed by atoms with Crippen LogP contribution in [-0.4, -0.2) is 19.2 Å². The van der Waals surface area contributed by atoms with Crippen LogP contribution in [0.3, 0.4) is 0 Å². The Balaban J connectivity index is 1.78. The normalized spacial score (nSPS) is 10.5. The molecule has 24 heavy (non-hydrogen) atoms. The number of halogens is 2. The maximum atomic E-state index is 13.4. The van der Waals surface area contributed by atoms with Gasteiger partial charge in [-0.05, 0) is 35.7 Å². The number of rotatable bonds is 6. The fraction of sp³-hybridized carbons (Fsp3) is 0.278. The SMILES string of the molecule is CC(C)c1cccc(OCCNC(=O)Nc2c(F)cccc2F)c1. The second-order valence-corrected chi connectivity index (χ2v) is 5.55. The van der Waals surface area contributed by atoms with Crippen LogP contribution >= 0.6 is 0 Å². The van der Waals surface area contributed by atoms with Gasteiger partial charge in [-0.3, -0.25) is 0 Å². The van der Waals surface area contributed by atoms with Crippen LogP contribution in [0.1, 0.15) is 25.3 Å². The minimum absolute atomic E-state index is 0.202. The second-order valence-electron chi connectivity index (χ2n) is 5.55. The lowest BCUT2D eigenvalue weighted by Crippen LogP contribution is -2.32. The fourth-order valence-electron chi connectivity index (χ4n) is 2.07. The predicted octanol–water partition coefficient (Wildman–Crippen LogP) is 4.29. The third kappa shape index (κ3) is 4.94. The van der Waals surface area contributed by atoms with Crippen LogP contribution in [0.15, 0.2) is 42.5 Å². The summed E-state index contributed by atoms with van der Waals surface area (Å²) in [7, 11) is 0. The molecule has 2 amide bonds. The van der Waals surface area contributed by atoms with E-state index in [9.17, 15) is 13.6 Å². The van der Waals surface area contributed by atoms with Gasteiger partial charge < -0.3 is 15.4 Å². The maximum Gasteiger partial charge on any atom is 0.319 e. The van der Waals surface area contributed by atoms with E-state index in [0.717, 1.165) is 17.7 Å². The van der Waals surface area contributed by atoms with Crippen molar-refractivity contribution in [1.82, 2.24) is 5.32 Å². The van der Waals surface area contributed by atoms with Gasteiger partial charge in [0.2, 0.25) is 0 Å². The first-order chi connectivity index (χ1) is 11.5. The van der Waals surface area contributed by atoms with Crippen LogP contribution in [0.25, 0.3) is 0 Å². The third-order valence-electron chi connectivity index (χ3n) is 3.38. The van der Waals surface area contributed by atoms with E-state index in [2.05, 4.69) is 24.5 Å². The van der Waals surface area contributed by atoms with E-state index in [4.69, 9.17) is 4.74 Å². The molecule has 2 N–H and O–H groups in total. The number of carbonyl (C=O) groups excluding carboxylic acids is 1. The number of para-hydroxylation sites is 1. The molecule has 0 aliphatic carbocycles. The number of benzene rings is 2. The van der Waals surface area contributed by atoms with Gasteiger partial charge in [0.15, 0.2) is 0 Å². The number of carbonyl (C=O) groups is 1. The minimum Gasteiger partial charge on any atom is -0.492 e. The minimum atomic E-state index is -0.827. The van der Waals surface area contributed by atoms with E-state index in [1.807, 2.05) is 24.3 Å². The maximum absolute atomic E-state index is 13.4. The van der Waals surface area contributed by atoms with Gasteiger partial charge in [0, 0.05) is 0 Å². The van der Waals surface area contributed by atoms with Crippen molar-refractivity contribution < 1.29 is 18.3 Å². The number of anilines is 1. The number of amides is 2. The molecule has 2 rings (SSSR count). The molecule has 6 heteroatoms. The third-order valence-corrected chi connectivity index (χ3v) is 3.38. The number of hydrogen-bond acceptors (Lipinski definition) is 2. The van der Waals surface area contributed by atoms with Crippen molar-refractivity contribution in [1.29, 1.82) is 0 Å². The van der Waals surface area contributed by atoms with Crippen molar-refractivity contribution >= 4 is 11.7 Å². The smallest absolute Gasteiger partial charge is 0.319 e. The number of hydrogen-bond donors (Lipinski definition) is 2. The van der Waals surface area contributed by atoms with Gasteiger partial charge in [-0.1, -0.05) is 32.0 Å². The molecular weight excluding hydrogens is 314 g/mol. The van der Waals surface area contributed by atoms with Crippen molar-refractivity contribution in [2.75, 3.05) is 18.5 Å². The molecule has 0 aromatic heterocycles. The summed E-state index contributed by atoms with van der Waals surface area (Å²) < 4.78 is 32.4. The van der Waals surface area contributed by atoms with E-state index >= 15 is 0 Å². The van der Waals surface area contributed by atoms with Crippen LogP contribution in [0.2, 0.25) is 0 Å². The highest BCUT2D eigenvalue weighted by atomic mass is 19.1. The van der Waals surface area contributed by atoms with Gasteiger partial charge in [0.1, 0.15) is 29.7 Å². The molecule has 2 aromatic carbocycles. The van der Waals surface area contributed by atoms with Crippen molar-refractivity contribution in [2.45, 2.75) is 19.8 Å². The molecule has 0 bridgehead atoms. The quantitative estimate of drug-likeness (QED) is 0.774. The molecule has 0 saturated heterocycles. The Hall–Kier alpha value is -2.63. The summed E-state index contributed by atoms with van der Waals surface area (Å²) >= 11 is 0. The van der Waals surface area contributed by atoms with Crippen LogP contribution < -0.4 is 15.4 Å². The Bertz CT molecular complexity index is 685. The van der Waals surface area contributed by atoms with Crippen molar-refractivity contribution in [3.63, 3.8) is 0 Å². The van der Waals surface area contributed by atoms with Gasteiger partial charge >= 0.3 is 6.03 Å². The summed E-state index contributed by atoms with van der Waals surface area (Å²) in [4.78, 5) is 11.7. The molecule has 0 saturated carbocycles. The molecule has 0 radical (unpaired) electrons. The van der Waals surface area contributed by atoms with Gasteiger partial charge in [-0.2, -0.15) is 0 Å². The molecule has 0 aliphatic rings. The Labute approximate surface area is 139 Å². The average Bonchev–Trinajstić information content (AvgIpc) is 2.55. The van der Waals surface area contributed by atoms with Crippen molar-refractivity contribution in [2.24, 2.45) is 0 Å². The Morgan fingerprint density at radius 3 is 2.46 bits per heavy atom. The fourth-order valence-corrected chi connectivity index (χ4v) is 2.07. The number of ether oxygens (including phenoxy) is 1. The zero-order chi connectivity index (χ0) is 17.5. The van der Waals surface area contributed by atoms with Gasteiger partial charge in [0.25, 0.3) is 0 Å². The standard InChI is InChI=1S/C18H20F2N2O2/c1-12(2)13-5-3-6-14(11-13)24-10-9-21-18(23)22-17-15(19)7-4-8-16(17)20/h3-8,11-12H,9-10H2,1-2H3,(H2,21,22,23). The highest BCUT2D eigenvalue weighted by Crippen LogP contribution is 2.20. The molecule has 0 atom stereocenters. The first-order valence-electron chi connectivity index (χ1n) is 7.69. The first kappa shape index (κ1) is 17.7. The predicted molar refractivity (Wildman–Crippen MR) is 89.4 cm³/mol. The summed E-state index contributed by atoms with van der Waals surface area (Å²) in [5.74, 6) is -0.546. The van der Waals surface area contributed by atoms with E-state index in [-0.39, 0.29) is 13.2 Å². The zero-order valence-electron chi connectivity index (χ0n) is 13.6. The van der Waals surface area contributed by atoms with Gasteiger partial charge in [-0.15, -0.1) is 0 Å². The number of urea groups is 1. The number of nitrogens with one attached hydrogen (secondary N) is 2. The van der Waals surface area contributed by atoms with Crippen molar-refractivity contribution in [3.8, 4) is 5.75 Å². The molecule has 2 aromatic rings. The molecule has 4 nitrogen and oxygen atoms in total.